The van der Waals surface area contributed by atoms with Gasteiger partial charge in [-0.15, -0.1) is 0 Å². The second-order valence-corrected chi connectivity index (χ2v) is 6.01. The molecule has 1 aliphatic heterocycles. The Kier molecular flexibility index (Phi) is 4.34. The molecule has 0 bridgehead atoms. The molecule has 1 heterocycles. The van der Waals surface area contributed by atoms with E-state index in [1.807, 2.05) is 6.07 Å². The van der Waals surface area contributed by atoms with E-state index in [-0.39, 0.29) is 6.10 Å². The van der Waals surface area contributed by atoms with Crippen molar-refractivity contribution in [3.63, 3.8) is 0 Å². The minimum Gasteiger partial charge on any atom is -0.496 e. The van der Waals surface area contributed by atoms with Gasteiger partial charge >= 0.3 is 0 Å². The number of methoxy groups -OCH3 is 1. The predicted molar refractivity (Wildman–Crippen MR) is 88.4 cm³/mol. The number of hydrogen-bond acceptors (Lipinski definition) is 3. The molecule has 0 saturated heterocycles. The Bertz CT molecular complexity index is 654. The first kappa shape index (κ1) is 14.9. The molecule has 1 aliphatic rings. The van der Waals surface area contributed by atoms with E-state index >= 15 is 0 Å². The van der Waals surface area contributed by atoms with Gasteiger partial charge in [0.1, 0.15) is 17.6 Å². The lowest BCUT2D eigenvalue weighted by atomic mass is 10.1. The second kappa shape index (κ2) is 6.41. The molecular weight excluding hydrogens is 274 g/mol. The molecule has 0 radical (unpaired) electrons. The van der Waals surface area contributed by atoms with E-state index in [1.165, 1.54) is 16.7 Å². The standard InChI is InChI=1S/C19H23NO2/c1-14-10-16(8-9-18(14)21-3)12-20-11-15(2)22-19-7-5-4-6-17(19)13-20/h4-10,15H,11-13H2,1-3H3/t15-/m1/s1. The van der Waals surface area contributed by atoms with Crippen molar-refractivity contribution in [1.82, 2.24) is 4.90 Å². The van der Waals surface area contributed by atoms with E-state index < -0.39 is 0 Å². The molecule has 0 spiro atoms. The van der Waals surface area contributed by atoms with Gasteiger partial charge in [-0.25, -0.2) is 0 Å². The van der Waals surface area contributed by atoms with Crippen molar-refractivity contribution in [2.24, 2.45) is 0 Å². The molecule has 3 nitrogen and oxygen atoms in total. The summed E-state index contributed by atoms with van der Waals surface area (Å²) in [5.41, 5.74) is 3.75. The van der Waals surface area contributed by atoms with E-state index in [2.05, 4.69) is 55.1 Å². The lowest BCUT2D eigenvalue weighted by Gasteiger charge is -2.22. The summed E-state index contributed by atoms with van der Waals surface area (Å²) in [4.78, 5) is 2.44. The summed E-state index contributed by atoms with van der Waals surface area (Å²) in [6.45, 7) is 7.00. The predicted octanol–water partition coefficient (Wildman–Crippen LogP) is 3.79. The summed E-state index contributed by atoms with van der Waals surface area (Å²) in [6, 6.07) is 14.7. The van der Waals surface area contributed by atoms with Gasteiger partial charge in [0.05, 0.1) is 7.11 Å². The molecule has 3 rings (SSSR count). The summed E-state index contributed by atoms with van der Waals surface area (Å²) in [7, 11) is 1.72. The maximum Gasteiger partial charge on any atom is 0.124 e. The third kappa shape index (κ3) is 3.25. The van der Waals surface area contributed by atoms with Crippen molar-refractivity contribution in [2.75, 3.05) is 13.7 Å². The zero-order chi connectivity index (χ0) is 15.5. The highest BCUT2D eigenvalue weighted by atomic mass is 16.5. The molecular formula is C19H23NO2. The smallest absolute Gasteiger partial charge is 0.124 e. The van der Waals surface area contributed by atoms with Crippen LogP contribution in [0.1, 0.15) is 23.6 Å². The van der Waals surface area contributed by atoms with Crippen molar-refractivity contribution < 1.29 is 9.47 Å². The van der Waals surface area contributed by atoms with Crippen LogP contribution in [0.4, 0.5) is 0 Å². The molecule has 1 atom stereocenters. The Morgan fingerprint density at radius 2 is 2.05 bits per heavy atom. The van der Waals surface area contributed by atoms with Crippen LogP contribution >= 0.6 is 0 Å². The Hall–Kier alpha value is -2.00. The average molecular weight is 297 g/mol. The van der Waals surface area contributed by atoms with Crippen LogP contribution in [0.2, 0.25) is 0 Å². The number of para-hydroxylation sites is 1. The molecule has 116 valence electrons. The minimum atomic E-state index is 0.197. The van der Waals surface area contributed by atoms with Gasteiger partial charge in [-0.3, -0.25) is 4.90 Å². The molecule has 2 aromatic rings. The van der Waals surface area contributed by atoms with Crippen LogP contribution in [0.5, 0.6) is 11.5 Å². The Balaban J connectivity index is 1.79. The molecule has 3 heteroatoms. The average Bonchev–Trinajstić information content (AvgIpc) is 2.64. The summed E-state index contributed by atoms with van der Waals surface area (Å²) in [5, 5.41) is 0. The van der Waals surface area contributed by atoms with E-state index in [9.17, 15) is 0 Å². The number of ether oxygens (including phenoxy) is 2. The highest BCUT2D eigenvalue weighted by molar-refractivity contribution is 5.37. The number of fused-ring (bicyclic) bond motifs is 1. The molecule has 2 aromatic carbocycles. The molecule has 0 aromatic heterocycles. The van der Waals surface area contributed by atoms with Crippen LogP contribution in [-0.4, -0.2) is 24.7 Å². The minimum absolute atomic E-state index is 0.197. The second-order valence-electron chi connectivity index (χ2n) is 6.01. The first-order valence-electron chi connectivity index (χ1n) is 7.76. The van der Waals surface area contributed by atoms with Crippen molar-refractivity contribution >= 4 is 0 Å². The van der Waals surface area contributed by atoms with Crippen LogP contribution < -0.4 is 9.47 Å². The third-order valence-electron chi connectivity index (χ3n) is 4.08. The van der Waals surface area contributed by atoms with E-state index in [1.54, 1.807) is 7.11 Å². The zero-order valence-electron chi connectivity index (χ0n) is 13.5. The number of benzene rings is 2. The maximum atomic E-state index is 6.02. The Morgan fingerprint density at radius 1 is 1.23 bits per heavy atom. The Labute approximate surface area is 132 Å². The van der Waals surface area contributed by atoms with Crippen molar-refractivity contribution in [3.05, 3.63) is 59.2 Å². The largest absolute Gasteiger partial charge is 0.496 e. The van der Waals surface area contributed by atoms with Gasteiger partial charge < -0.3 is 9.47 Å². The van der Waals surface area contributed by atoms with Crippen LogP contribution in [0, 0.1) is 6.92 Å². The number of hydrogen-bond donors (Lipinski definition) is 0. The lowest BCUT2D eigenvalue weighted by molar-refractivity contribution is 0.156. The number of aryl methyl sites for hydroxylation is 1. The molecule has 0 aliphatic carbocycles. The van der Waals surface area contributed by atoms with Crippen LogP contribution in [0.3, 0.4) is 0 Å². The fourth-order valence-corrected chi connectivity index (χ4v) is 3.09. The lowest BCUT2D eigenvalue weighted by Crippen LogP contribution is -2.30. The summed E-state index contributed by atoms with van der Waals surface area (Å²) in [6.07, 6.45) is 0.197. The van der Waals surface area contributed by atoms with Gasteiger partial charge in [0.25, 0.3) is 0 Å². The monoisotopic (exact) mass is 297 g/mol. The van der Waals surface area contributed by atoms with E-state index in [0.717, 1.165) is 31.1 Å². The SMILES string of the molecule is COc1ccc(CN2Cc3ccccc3O[C@H](C)C2)cc1C. The summed E-state index contributed by atoms with van der Waals surface area (Å²) >= 11 is 0. The van der Waals surface area contributed by atoms with E-state index in [4.69, 9.17) is 9.47 Å². The number of rotatable bonds is 3. The molecule has 0 fully saturated rings. The van der Waals surface area contributed by atoms with Crippen molar-refractivity contribution in [2.45, 2.75) is 33.0 Å². The fraction of sp³-hybridized carbons (Fsp3) is 0.368. The van der Waals surface area contributed by atoms with Crippen molar-refractivity contribution in [3.8, 4) is 11.5 Å². The first-order valence-corrected chi connectivity index (χ1v) is 7.76. The number of nitrogens with zero attached hydrogens (tertiary/aromatic N) is 1. The first-order chi connectivity index (χ1) is 10.7. The highest BCUT2D eigenvalue weighted by Crippen LogP contribution is 2.26. The third-order valence-corrected chi connectivity index (χ3v) is 4.08. The molecule has 0 N–H and O–H groups in total. The van der Waals surface area contributed by atoms with E-state index in [0.29, 0.717) is 0 Å². The van der Waals surface area contributed by atoms with Gasteiger partial charge in [0.2, 0.25) is 0 Å². The van der Waals surface area contributed by atoms with Gasteiger partial charge in [0.15, 0.2) is 0 Å². The normalized spacial score (nSPS) is 18.2. The zero-order valence-corrected chi connectivity index (χ0v) is 13.5. The molecule has 22 heavy (non-hydrogen) atoms. The summed E-state index contributed by atoms with van der Waals surface area (Å²) in [5.74, 6) is 1.96. The summed E-state index contributed by atoms with van der Waals surface area (Å²) < 4.78 is 11.4. The quantitative estimate of drug-likeness (QED) is 0.860. The van der Waals surface area contributed by atoms with Gasteiger partial charge in [-0.1, -0.05) is 30.3 Å². The fourth-order valence-electron chi connectivity index (χ4n) is 3.09. The van der Waals surface area contributed by atoms with Gasteiger partial charge in [0, 0.05) is 25.2 Å². The highest BCUT2D eigenvalue weighted by Gasteiger charge is 2.19. The van der Waals surface area contributed by atoms with Gasteiger partial charge in [-0.05, 0) is 37.1 Å². The van der Waals surface area contributed by atoms with Crippen molar-refractivity contribution in [1.29, 1.82) is 0 Å². The van der Waals surface area contributed by atoms with Crippen LogP contribution in [-0.2, 0) is 13.1 Å². The maximum absolute atomic E-state index is 6.02. The van der Waals surface area contributed by atoms with Crippen LogP contribution in [0.25, 0.3) is 0 Å². The molecule has 0 saturated carbocycles. The molecule has 0 amide bonds. The molecule has 0 unspecified atom stereocenters. The van der Waals surface area contributed by atoms with Gasteiger partial charge in [-0.2, -0.15) is 0 Å². The van der Waals surface area contributed by atoms with Crippen LogP contribution in [0.15, 0.2) is 42.5 Å². The topological polar surface area (TPSA) is 21.7 Å². The Morgan fingerprint density at radius 3 is 2.82 bits per heavy atom.